The lowest BCUT2D eigenvalue weighted by molar-refractivity contribution is -0.0511. The molecule has 1 saturated heterocycles. The van der Waals surface area contributed by atoms with Crippen LogP contribution in [0.25, 0.3) is 11.2 Å². The summed E-state index contributed by atoms with van der Waals surface area (Å²) in [6, 6.07) is 6.07. The highest BCUT2D eigenvalue weighted by Crippen LogP contribution is 2.32. The molecule has 1 aliphatic heterocycles. The molecule has 1 aromatic carbocycles. The van der Waals surface area contributed by atoms with Crippen molar-refractivity contribution in [3.63, 3.8) is 0 Å². The Hall–Kier alpha value is -2.86. The average molecular weight is 405 g/mol. The van der Waals surface area contributed by atoms with Crippen molar-refractivity contribution in [2.45, 2.75) is 31.0 Å². The van der Waals surface area contributed by atoms with Crippen LogP contribution >= 0.6 is 0 Å². The topological polar surface area (TPSA) is 149 Å². The number of rotatable bonds is 6. The normalized spacial score (nSPS) is 24.3. The SMILES string of the molecule is Nc1nc(OCCc2ccc(F)cc2)nc2c1ncn2[C@@H]1O[C@H](CO)[C@H](O)[C@@H]1O. The van der Waals surface area contributed by atoms with Crippen LogP contribution < -0.4 is 10.5 Å². The van der Waals surface area contributed by atoms with Crippen LogP contribution in [0.3, 0.4) is 0 Å². The lowest BCUT2D eigenvalue weighted by atomic mass is 10.1. The van der Waals surface area contributed by atoms with E-state index in [1.165, 1.54) is 23.0 Å². The summed E-state index contributed by atoms with van der Waals surface area (Å²) in [4.78, 5) is 12.5. The van der Waals surface area contributed by atoms with Crippen molar-refractivity contribution in [1.82, 2.24) is 19.5 Å². The van der Waals surface area contributed by atoms with Crippen molar-refractivity contribution in [1.29, 1.82) is 0 Å². The number of aromatic nitrogens is 4. The van der Waals surface area contributed by atoms with Gasteiger partial charge in [0.15, 0.2) is 23.2 Å². The molecule has 0 amide bonds. The first-order valence-corrected chi connectivity index (χ1v) is 8.97. The Labute approximate surface area is 164 Å². The largest absolute Gasteiger partial charge is 0.463 e. The van der Waals surface area contributed by atoms with E-state index in [-0.39, 0.29) is 35.4 Å². The molecule has 11 heteroatoms. The first-order chi connectivity index (χ1) is 14.0. The van der Waals surface area contributed by atoms with Crippen molar-refractivity contribution >= 4 is 17.0 Å². The number of nitrogen functional groups attached to an aromatic ring is 1. The number of ether oxygens (including phenoxy) is 2. The fourth-order valence-corrected chi connectivity index (χ4v) is 3.19. The van der Waals surface area contributed by atoms with Crippen molar-refractivity contribution in [3.8, 4) is 6.01 Å². The Balaban J connectivity index is 1.54. The Morgan fingerprint density at radius 3 is 2.62 bits per heavy atom. The molecule has 3 aromatic rings. The van der Waals surface area contributed by atoms with E-state index in [4.69, 9.17) is 15.2 Å². The van der Waals surface area contributed by atoms with Crippen LogP contribution in [0, 0.1) is 5.82 Å². The number of anilines is 1. The van der Waals surface area contributed by atoms with Gasteiger partial charge in [-0.1, -0.05) is 12.1 Å². The number of hydrogen-bond donors (Lipinski definition) is 4. The summed E-state index contributed by atoms with van der Waals surface area (Å²) in [6.07, 6.45) is -2.61. The predicted octanol–water partition coefficient (Wildman–Crippen LogP) is -0.219. The standard InChI is InChI=1S/C18H20FN5O5/c19-10-3-1-9(2-4-10)5-6-28-18-22-15(20)12-16(23-18)24(8-21-12)17-14(27)13(26)11(7-25)29-17/h1-4,8,11,13-14,17,25-27H,5-7H2,(H2,20,22,23)/t11-,13+,14+,17-/m1/s1. The van der Waals surface area contributed by atoms with Gasteiger partial charge in [0.05, 0.1) is 19.5 Å². The second kappa shape index (κ2) is 7.87. The molecular weight excluding hydrogens is 385 g/mol. The third-order valence-electron chi connectivity index (χ3n) is 4.75. The van der Waals surface area contributed by atoms with Crippen LogP contribution in [0.1, 0.15) is 11.8 Å². The third-order valence-corrected chi connectivity index (χ3v) is 4.75. The first kappa shape index (κ1) is 19.5. The van der Waals surface area contributed by atoms with Crippen LogP contribution in [0.15, 0.2) is 30.6 Å². The molecule has 0 spiro atoms. The van der Waals surface area contributed by atoms with Crippen LogP contribution in [-0.4, -0.2) is 66.4 Å². The summed E-state index contributed by atoms with van der Waals surface area (Å²) in [6.45, 7) is -0.213. The Morgan fingerprint density at radius 1 is 1.17 bits per heavy atom. The van der Waals surface area contributed by atoms with Gasteiger partial charge in [0.25, 0.3) is 0 Å². The van der Waals surface area contributed by atoms with E-state index in [1.54, 1.807) is 12.1 Å². The second-order valence-electron chi connectivity index (χ2n) is 6.67. The quantitative estimate of drug-likeness (QED) is 0.437. The zero-order valence-electron chi connectivity index (χ0n) is 15.2. The van der Waals surface area contributed by atoms with Crippen molar-refractivity contribution < 1.29 is 29.2 Å². The van der Waals surface area contributed by atoms with E-state index in [9.17, 15) is 19.7 Å². The van der Waals surface area contributed by atoms with Crippen LogP contribution in [0.5, 0.6) is 6.01 Å². The minimum Gasteiger partial charge on any atom is -0.463 e. The number of nitrogens with two attached hydrogens (primary N) is 1. The van der Waals surface area contributed by atoms with Gasteiger partial charge in [-0.3, -0.25) is 4.57 Å². The minimum absolute atomic E-state index is 0.00519. The van der Waals surface area contributed by atoms with Gasteiger partial charge in [0, 0.05) is 6.42 Å². The number of aliphatic hydroxyl groups is 3. The van der Waals surface area contributed by atoms with Crippen LogP contribution in [-0.2, 0) is 11.2 Å². The summed E-state index contributed by atoms with van der Waals surface area (Å²) in [5.74, 6) is -0.230. The number of imidazole rings is 1. The molecule has 1 aliphatic rings. The lowest BCUT2D eigenvalue weighted by Crippen LogP contribution is -2.33. The summed E-state index contributed by atoms with van der Waals surface area (Å²) in [7, 11) is 0. The minimum atomic E-state index is -1.29. The molecule has 0 bridgehead atoms. The molecule has 29 heavy (non-hydrogen) atoms. The van der Waals surface area contributed by atoms with Gasteiger partial charge in [0.1, 0.15) is 24.1 Å². The van der Waals surface area contributed by atoms with E-state index in [0.29, 0.717) is 6.42 Å². The van der Waals surface area contributed by atoms with Crippen LogP contribution in [0.4, 0.5) is 10.2 Å². The summed E-state index contributed by atoms with van der Waals surface area (Å²) >= 11 is 0. The van der Waals surface area contributed by atoms with E-state index < -0.39 is 31.1 Å². The third kappa shape index (κ3) is 3.72. The number of benzene rings is 1. The molecular formula is C18H20FN5O5. The molecule has 0 aliphatic carbocycles. The fourth-order valence-electron chi connectivity index (χ4n) is 3.19. The highest BCUT2D eigenvalue weighted by Gasteiger charge is 2.44. The number of halogens is 1. The Bertz CT molecular complexity index is 998. The van der Waals surface area contributed by atoms with Gasteiger partial charge in [-0.05, 0) is 17.7 Å². The van der Waals surface area contributed by atoms with E-state index in [0.717, 1.165) is 5.56 Å². The van der Waals surface area contributed by atoms with Gasteiger partial charge in [-0.25, -0.2) is 9.37 Å². The van der Waals surface area contributed by atoms with Crippen molar-refractivity contribution in [2.24, 2.45) is 0 Å². The summed E-state index contributed by atoms with van der Waals surface area (Å²) in [5.41, 5.74) is 7.37. The summed E-state index contributed by atoms with van der Waals surface area (Å²) < 4.78 is 25.5. The van der Waals surface area contributed by atoms with Crippen molar-refractivity contribution in [2.75, 3.05) is 18.9 Å². The lowest BCUT2D eigenvalue weighted by Gasteiger charge is -2.16. The van der Waals surface area contributed by atoms with E-state index in [2.05, 4.69) is 15.0 Å². The zero-order valence-corrected chi connectivity index (χ0v) is 15.2. The highest BCUT2D eigenvalue weighted by atomic mass is 19.1. The fraction of sp³-hybridized carbons (Fsp3) is 0.389. The van der Waals surface area contributed by atoms with E-state index in [1.807, 2.05) is 0 Å². The molecule has 0 saturated carbocycles. The van der Waals surface area contributed by atoms with Crippen molar-refractivity contribution in [3.05, 3.63) is 42.0 Å². The number of aliphatic hydroxyl groups excluding tert-OH is 3. The smallest absolute Gasteiger partial charge is 0.320 e. The molecule has 10 nitrogen and oxygen atoms in total. The van der Waals surface area contributed by atoms with Gasteiger partial charge in [-0.2, -0.15) is 9.97 Å². The van der Waals surface area contributed by atoms with Gasteiger partial charge >= 0.3 is 6.01 Å². The van der Waals surface area contributed by atoms with E-state index >= 15 is 0 Å². The van der Waals surface area contributed by atoms with Crippen LogP contribution in [0.2, 0.25) is 0 Å². The second-order valence-corrected chi connectivity index (χ2v) is 6.67. The maximum absolute atomic E-state index is 13.0. The maximum Gasteiger partial charge on any atom is 0.320 e. The van der Waals surface area contributed by atoms with Gasteiger partial charge in [-0.15, -0.1) is 0 Å². The molecule has 0 unspecified atom stereocenters. The Morgan fingerprint density at radius 2 is 1.93 bits per heavy atom. The predicted molar refractivity (Wildman–Crippen MR) is 98.3 cm³/mol. The molecule has 3 heterocycles. The molecule has 2 aromatic heterocycles. The maximum atomic E-state index is 13.0. The Kier molecular flexibility index (Phi) is 5.28. The number of fused-ring (bicyclic) bond motifs is 1. The molecule has 154 valence electrons. The van der Waals surface area contributed by atoms with Gasteiger partial charge in [0.2, 0.25) is 0 Å². The number of nitrogens with zero attached hydrogens (tertiary/aromatic N) is 4. The number of hydrogen-bond acceptors (Lipinski definition) is 9. The highest BCUT2D eigenvalue weighted by molar-refractivity contribution is 5.82. The monoisotopic (exact) mass is 405 g/mol. The molecule has 4 atom stereocenters. The zero-order chi connectivity index (χ0) is 20.5. The molecule has 4 rings (SSSR count). The van der Waals surface area contributed by atoms with Gasteiger partial charge < -0.3 is 30.5 Å². The molecule has 0 radical (unpaired) electrons. The summed E-state index contributed by atoms with van der Waals surface area (Å²) in [5, 5.41) is 29.5. The molecule has 5 N–H and O–H groups in total. The average Bonchev–Trinajstić information content (AvgIpc) is 3.25. The first-order valence-electron chi connectivity index (χ1n) is 8.97. The molecule has 1 fully saturated rings.